The third-order valence-corrected chi connectivity index (χ3v) is 6.48. The Hall–Kier alpha value is -1.90. The van der Waals surface area contributed by atoms with Crippen LogP contribution in [0.1, 0.15) is 28.8 Å². The van der Waals surface area contributed by atoms with Crippen LogP contribution in [0, 0.1) is 16.7 Å². The maximum Gasteiger partial charge on any atom is 0.314 e. The molecule has 0 bridgehead atoms. The molecule has 8 nitrogen and oxygen atoms in total. The van der Waals surface area contributed by atoms with Crippen LogP contribution in [-0.2, 0) is 25.5 Å². The zero-order chi connectivity index (χ0) is 19.9. The number of nitrogens with zero attached hydrogens (tertiary/aromatic N) is 2. The largest absolute Gasteiger partial charge is 0.469 e. The number of likely N-dealkylation sites (tertiary alicyclic amines) is 1. The molecule has 30 heavy (non-hydrogen) atoms. The molecule has 3 heterocycles. The van der Waals surface area contributed by atoms with Crippen LogP contribution < -0.4 is 5.32 Å². The molecule has 0 radical (unpaired) electrons. The van der Waals surface area contributed by atoms with Crippen molar-refractivity contribution in [2.24, 2.45) is 16.7 Å². The van der Waals surface area contributed by atoms with Crippen molar-refractivity contribution in [2.45, 2.75) is 19.3 Å². The number of hydrogen-bond acceptors (Lipinski definition) is 7. The van der Waals surface area contributed by atoms with Gasteiger partial charge in [-0.15, -0.1) is 24.8 Å². The second-order valence-corrected chi connectivity index (χ2v) is 8.13. The molecule has 1 N–H and O–H groups in total. The van der Waals surface area contributed by atoms with E-state index in [1.165, 1.54) is 20.4 Å². The Bertz CT molecular complexity index is 802. The molecule has 1 amide bonds. The number of carbonyl (C=O) groups excluding carboxylic acids is 3. The lowest BCUT2D eigenvalue weighted by molar-refractivity contribution is -0.155. The van der Waals surface area contributed by atoms with Crippen molar-refractivity contribution in [2.75, 3.05) is 40.4 Å². The summed E-state index contributed by atoms with van der Waals surface area (Å²) in [5.74, 6) is -0.600. The highest BCUT2D eigenvalue weighted by atomic mass is 35.5. The normalized spacial score (nSPS) is 28.6. The van der Waals surface area contributed by atoms with Crippen molar-refractivity contribution in [3.63, 3.8) is 0 Å². The topological polar surface area (TPSA) is 97.8 Å². The van der Waals surface area contributed by atoms with Crippen LogP contribution in [0.2, 0.25) is 0 Å². The molecule has 1 saturated carbocycles. The molecule has 4 rings (SSSR count). The molecule has 1 unspecified atom stereocenters. The lowest BCUT2D eigenvalue weighted by Gasteiger charge is -2.21. The summed E-state index contributed by atoms with van der Waals surface area (Å²) in [5.41, 5.74) is -0.491. The highest BCUT2D eigenvalue weighted by Gasteiger charge is 2.82. The van der Waals surface area contributed by atoms with Gasteiger partial charge < -0.3 is 19.7 Å². The number of carbonyl (C=O) groups is 3. The number of amides is 1. The molecule has 166 valence electrons. The fourth-order valence-corrected chi connectivity index (χ4v) is 4.91. The van der Waals surface area contributed by atoms with E-state index in [0.29, 0.717) is 17.9 Å². The van der Waals surface area contributed by atoms with Crippen molar-refractivity contribution >= 4 is 42.7 Å². The number of nitrogens with one attached hydrogen (secondary N) is 1. The number of aromatic nitrogens is 1. The molecule has 3 fully saturated rings. The standard InChI is InChI=1S/C20H25N3O5.2ClH/c1-27-17(25)19-10-20(19,18(26)28-2)12-23(11-19)16(24)15-6-14(8-22-9-15)5-13-3-4-21-7-13;;/h6,8-9,13,21H,3-5,7,10-12H2,1-2H3;2*1H/t13?,19-,20+;;. The van der Waals surface area contributed by atoms with Gasteiger partial charge in [0.25, 0.3) is 5.91 Å². The van der Waals surface area contributed by atoms with E-state index in [1.54, 1.807) is 11.1 Å². The minimum atomic E-state index is -0.995. The summed E-state index contributed by atoms with van der Waals surface area (Å²) in [4.78, 5) is 43.6. The Labute approximate surface area is 187 Å². The first kappa shape index (κ1) is 24.4. The van der Waals surface area contributed by atoms with E-state index in [-0.39, 0.29) is 43.8 Å². The Kier molecular flexibility index (Phi) is 7.37. The van der Waals surface area contributed by atoms with E-state index < -0.39 is 22.8 Å². The number of piperidine rings is 1. The van der Waals surface area contributed by atoms with Crippen molar-refractivity contribution in [1.29, 1.82) is 0 Å². The monoisotopic (exact) mass is 459 g/mol. The van der Waals surface area contributed by atoms with Gasteiger partial charge in [-0.05, 0) is 49.9 Å². The number of pyridine rings is 1. The molecular weight excluding hydrogens is 433 g/mol. The Morgan fingerprint density at radius 2 is 1.77 bits per heavy atom. The van der Waals surface area contributed by atoms with Crippen LogP contribution in [-0.4, -0.2) is 68.1 Å². The van der Waals surface area contributed by atoms with Crippen LogP contribution in [0.5, 0.6) is 0 Å². The molecule has 1 aromatic heterocycles. The SMILES string of the molecule is COC(=O)[C@@]12CN(C(=O)c3cncc(CC4CCNC4)c3)C[C@]1(C(=O)OC)C2.Cl.Cl. The highest BCUT2D eigenvalue weighted by Crippen LogP contribution is 2.69. The minimum Gasteiger partial charge on any atom is -0.469 e. The molecule has 1 aromatic rings. The van der Waals surface area contributed by atoms with E-state index in [4.69, 9.17) is 9.47 Å². The Morgan fingerprint density at radius 1 is 1.13 bits per heavy atom. The smallest absolute Gasteiger partial charge is 0.314 e. The van der Waals surface area contributed by atoms with Gasteiger partial charge in [0.2, 0.25) is 0 Å². The average Bonchev–Trinajstić information content (AvgIpc) is 3.03. The fraction of sp³-hybridized carbons (Fsp3) is 0.600. The van der Waals surface area contributed by atoms with E-state index in [1.807, 2.05) is 6.07 Å². The lowest BCUT2D eigenvalue weighted by Crippen LogP contribution is -2.35. The molecule has 3 aliphatic rings. The van der Waals surface area contributed by atoms with Crippen LogP contribution in [0.3, 0.4) is 0 Å². The van der Waals surface area contributed by atoms with Crippen molar-refractivity contribution in [1.82, 2.24) is 15.2 Å². The van der Waals surface area contributed by atoms with Crippen LogP contribution in [0.15, 0.2) is 18.5 Å². The number of halogens is 2. The summed E-state index contributed by atoms with van der Waals surface area (Å²) < 4.78 is 9.85. The molecule has 2 saturated heterocycles. The summed E-state index contributed by atoms with van der Waals surface area (Å²) >= 11 is 0. The highest BCUT2D eigenvalue weighted by molar-refractivity contribution is 6.00. The molecule has 10 heteroatoms. The zero-order valence-corrected chi connectivity index (χ0v) is 18.6. The van der Waals surface area contributed by atoms with Crippen molar-refractivity contribution in [3.8, 4) is 0 Å². The van der Waals surface area contributed by atoms with E-state index in [9.17, 15) is 14.4 Å². The Balaban J connectivity index is 0.00000160. The van der Waals surface area contributed by atoms with Gasteiger partial charge in [0, 0.05) is 25.5 Å². The molecule has 0 aromatic carbocycles. The predicted octanol–water partition coefficient (Wildman–Crippen LogP) is 1.26. The van der Waals surface area contributed by atoms with Gasteiger partial charge in [-0.1, -0.05) is 0 Å². The van der Waals surface area contributed by atoms with E-state index in [2.05, 4.69) is 10.3 Å². The van der Waals surface area contributed by atoms with Gasteiger partial charge in [0.05, 0.1) is 19.8 Å². The predicted molar refractivity (Wildman–Crippen MR) is 113 cm³/mol. The second kappa shape index (κ2) is 9.08. The third kappa shape index (κ3) is 3.76. The maximum atomic E-state index is 13.1. The molecular formula is C20H27Cl2N3O5. The summed E-state index contributed by atoms with van der Waals surface area (Å²) in [6.07, 6.45) is 5.68. The fourth-order valence-electron chi connectivity index (χ4n) is 4.91. The van der Waals surface area contributed by atoms with Gasteiger partial charge in [0.1, 0.15) is 10.8 Å². The van der Waals surface area contributed by atoms with Crippen LogP contribution >= 0.6 is 24.8 Å². The molecule has 0 spiro atoms. The number of esters is 2. The maximum absolute atomic E-state index is 13.1. The summed E-state index contributed by atoms with van der Waals surface area (Å²) in [5, 5.41) is 3.34. The third-order valence-electron chi connectivity index (χ3n) is 6.48. The first-order chi connectivity index (χ1) is 13.5. The van der Waals surface area contributed by atoms with Gasteiger partial charge in [-0.3, -0.25) is 19.4 Å². The van der Waals surface area contributed by atoms with Crippen molar-refractivity contribution in [3.05, 3.63) is 29.6 Å². The number of rotatable bonds is 5. The number of fused-ring (bicyclic) bond motifs is 1. The van der Waals surface area contributed by atoms with Crippen molar-refractivity contribution < 1.29 is 23.9 Å². The van der Waals surface area contributed by atoms with Gasteiger partial charge >= 0.3 is 11.9 Å². The van der Waals surface area contributed by atoms with E-state index >= 15 is 0 Å². The molecule has 1 aliphatic carbocycles. The molecule has 2 aliphatic heterocycles. The summed E-state index contributed by atoms with van der Waals surface area (Å²) in [7, 11) is 2.60. The van der Waals surface area contributed by atoms with Crippen LogP contribution in [0.25, 0.3) is 0 Å². The Morgan fingerprint density at radius 3 is 2.30 bits per heavy atom. The first-order valence-electron chi connectivity index (χ1n) is 9.56. The quantitative estimate of drug-likeness (QED) is 0.661. The van der Waals surface area contributed by atoms with Gasteiger partial charge in [-0.25, -0.2) is 0 Å². The summed E-state index contributed by atoms with van der Waals surface area (Å²) in [6, 6.07) is 1.87. The van der Waals surface area contributed by atoms with Crippen LogP contribution in [0.4, 0.5) is 0 Å². The number of hydrogen-bond donors (Lipinski definition) is 1. The lowest BCUT2D eigenvalue weighted by atomic mass is 9.96. The minimum absolute atomic E-state index is 0. The average molecular weight is 460 g/mol. The van der Waals surface area contributed by atoms with E-state index in [0.717, 1.165) is 31.5 Å². The number of ether oxygens (including phenoxy) is 2. The second-order valence-electron chi connectivity index (χ2n) is 8.13. The van der Waals surface area contributed by atoms with Gasteiger partial charge in [0.15, 0.2) is 0 Å². The molecule has 3 atom stereocenters. The first-order valence-corrected chi connectivity index (χ1v) is 9.56. The zero-order valence-electron chi connectivity index (χ0n) is 17.0. The van der Waals surface area contributed by atoms with Gasteiger partial charge in [-0.2, -0.15) is 0 Å². The summed E-state index contributed by atoms with van der Waals surface area (Å²) in [6.45, 7) is 2.32. The number of methoxy groups -OCH3 is 2.